The normalized spacial score (nSPS) is 15.2. The average molecular weight is 448 g/mol. The van der Waals surface area contributed by atoms with Gasteiger partial charge in [-0.2, -0.15) is 0 Å². The summed E-state index contributed by atoms with van der Waals surface area (Å²) in [5.74, 6) is 0.0263. The summed E-state index contributed by atoms with van der Waals surface area (Å²) in [5, 5.41) is 8.44. The minimum absolute atomic E-state index is 0.0263. The van der Waals surface area contributed by atoms with Crippen molar-refractivity contribution in [3.63, 3.8) is 0 Å². The second-order valence-corrected chi connectivity index (χ2v) is 8.06. The number of hydrogen-bond donors (Lipinski definition) is 1. The zero-order chi connectivity index (χ0) is 19.4. The Morgan fingerprint density at radius 1 is 0.857 bits per heavy atom. The number of nitrogens with one attached hydrogen (secondary N) is 1. The Bertz CT molecular complexity index is 1170. The molecule has 0 spiro atoms. The number of amides is 2. The second-order valence-electron chi connectivity index (χ2n) is 6.76. The Balaban J connectivity index is 1.53. The Kier molecular flexibility index (Phi) is 3.92. The van der Waals surface area contributed by atoms with Crippen LogP contribution in [0, 0.1) is 5.41 Å². The number of fused-ring (bicyclic) bond motifs is 3. The highest BCUT2D eigenvalue weighted by Gasteiger charge is 2.40. The number of thiocarbonyl (C=S) groups is 1. The highest BCUT2D eigenvalue weighted by molar-refractivity contribution is 9.10. The Morgan fingerprint density at radius 2 is 1.54 bits per heavy atom. The van der Waals surface area contributed by atoms with E-state index >= 15 is 0 Å². The molecule has 1 heterocycles. The van der Waals surface area contributed by atoms with Crippen LogP contribution in [0.4, 0.5) is 16.2 Å². The number of rotatable bonds is 2. The van der Waals surface area contributed by atoms with Gasteiger partial charge in [-0.05, 0) is 65.1 Å². The van der Waals surface area contributed by atoms with Crippen molar-refractivity contribution in [3.05, 3.63) is 82.3 Å². The Hall–Kier alpha value is -2.83. The molecule has 2 aliphatic rings. The van der Waals surface area contributed by atoms with Gasteiger partial charge in [0, 0.05) is 4.47 Å². The zero-order valence-corrected chi connectivity index (χ0v) is 17.0. The molecule has 2 amide bonds. The number of benzene rings is 3. The molecule has 4 nitrogen and oxygen atoms in total. The summed E-state index contributed by atoms with van der Waals surface area (Å²) in [6.07, 6.45) is 0.829. The second kappa shape index (κ2) is 6.36. The first-order chi connectivity index (χ1) is 13.5. The zero-order valence-electron chi connectivity index (χ0n) is 14.6. The number of carbonyl (C=O) groups excluding carboxylic acids is 1. The lowest BCUT2D eigenvalue weighted by Gasteiger charge is -2.18. The molecule has 1 aliphatic carbocycles. The van der Waals surface area contributed by atoms with Gasteiger partial charge in [-0.1, -0.05) is 58.5 Å². The van der Waals surface area contributed by atoms with Gasteiger partial charge in [-0.3, -0.25) is 5.41 Å². The monoisotopic (exact) mass is 447 g/mol. The van der Waals surface area contributed by atoms with E-state index in [0.29, 0.717) is 11.4 Å². The average Bonchev–Trinajstić information content (AvgIpc) is 3.17. The fourth-order valence-electron chi connectivity index (χ4n) is 3.81. The predicted octanol–water partition coefficient (Wildman–Crippen LogP) is 5.77. The van der Waals surface area contributed by atoms with Crippen LogP contribution in [0.15, 0.2) is 71.2 Å². The maximum Gasteiger partial charge on any atom is 0.340 e. The van der Waals surface area contributed by atoms with Crippen LogP contribution < -0.4 is 9.80 Å². The van der Waals surface area contributed by atoms with Crippen LogP contribution in [0.3, 0.4) is 0 Å². The van der Waals surface area contributed by atoms with Crippen LogP contribution in [0.1, 0.15) is 11.1 Å². The van der Waals surface area contributed by atoms with Crippen LogP contribution in [0.5, 0.6) is 0 Å². The van der Waals surface area contributed by atoms with Crippen molar-refractivity contribution >= 4 is 56.4 Å². The van der Waals surface area contributed by atoms with Crippen LogP contribution in [-0.4, -0.2) is 16.9 Å². The molecule has 1 N–H and O–H groups in total. The molecule has 0 bridgehead atoms. The molecule has 136 valence electrons. The van der Waals surface area contributed by atoms with Crippen LogP contribution in [0.25, 0.3) is 11.1 Å². The molecule has 0 saturated carbocycles. The Labute approximate surface area is 176 Å². The molecule has 3 aromatic carbocycles. The van der Waals surface area contributed by atoms with E-state index in [1.54, 1.807) is 0 Å². The molecule has 5 rings (SSSR count). The van der Waals surface area contributed by atoms with Crippen molar-refractivity contribution in [2.24, 2.45) is 0 Å². The molecule has 0 unspecified atom stereocenters. The van der Waals surface area contributed by atoms with Gasteiger partial charge in [0.1, 0.15) is 0 Å². The highest BCUT2D eigenvalue weighted by atomic mass is 79.9. The third kappa shape index (κ3) is 2.52. The lowest BCUT2D eigenvalue weighted by Crippen LogP contribution is -2.33. The van der Waals surface area contributed by atoms with Crippen molar-refractivity contribution in [1.29, 1.82) is 5.41 Å². The fraction of sp³-hybridized carbons (Fsp3) is 0.0455. The number of hydrogen-bond acceptors (Lipinski definition) is 3. The summed E-state index contributed by atoms with van der Waals surface area (Å²) in [4.78, 5) is 16.1. The van der Waals surface area contributed by atoms with Gasteiger partial charge in [0.2, 0.25) is 0 Å². The molecule has 0 atom stereocenters. The molecule has 0 aromatic heterocycles. The first kappa shape index (κ1) is 17.3. The largest absolute Gasteiger partial charge is 0.340 e. The van der Waals surface area contributed by atoms with E-state index in [9.17, 15) is 4.79 Å². The molecular weight excluding hydrogens is 434 g/mol. The molecule has 0 radical (unpaired) electrons. The number of urea groups is 1. The van der Waals surface area contributed by atoms with Crippen molar-refractivity contribution in [1.82, 2.24) is 0 Å². The van der Waals surface area contributed by atoms with Gasteiger partial charge in [0.05, 0.1) is 11.4 Å². The topological polar surface area (TPSA) is 47.4 Å². The van der Waals surface area contributed by atoms with E-state index in [-0.39, 0.29) is 16.9 Å². The van der Waals surface area contributed by atoms with Crippen molar-refractivity contribution in [2.45, 2.75) is 6.42 Å². The fourth-order valence-corrected chi connectivity index (χ4v) is 4.35. The summed E-state index contributed by atoms with van der Waals surface area (Å²) in [7, 11) is 0. The van der Waals surface area contributed by atoms with Gasteiger partial charge in [-0.25, -0.2) is 14.6 Å². The minimum Gasteiger partial charge on any atom is -0.281 e. The van der Waals surface area contributed by atoms with E-state index in [0.717, 1.165) is 16.5 Å². The number of carbonyl (C=O) groups is 1. The maximum absolute atomic E-state index is 13.1. The third-order valence-corrected chi connectivity index (χ3v) is 6.04. The first-order valence-electron chi connectivity index (χ1n) is 8.78. The van der Waals surface area contributed by atoms with Gasteiger partial charge in [0.25, 0.3) is 0 Å². The van der Waals surface area contributed by atoms with E-state index < -0.39 is 0 Å². The van der Waals surface area contributed by atoms with E-state index in [1.807, 2.05) is 54.6 Å². The summed E-state index contributed by atoms with van der Waals surface area (Å²) < 4.78 is 0.916. The molecule has 1 saturated heterocycles. The number of nitrogens with zero attached hydrogens (tertiary/aromatic N) is 2. The van der Waals surface area contributed by atoms with Crippen LogP contribution in [-0.2, 0) is 6.42 Å². The predicted molar refractivity (Wildman–Crippen MR) is 120 cm³/mol. The van der Waals surface area contributed by atoms with E-state index in [1.165, 1.54) is 26.5 Å². The Morgan fingerprint density at radius 3 is 2.32 bits per heavy atom. The maximum atomic E-state index is 13.1. The lowest BCUT2D eigenvalue weighted by molar-refractivity contribution is 0.257. The standard InChI is InChI=1S/C22H14BrN3OS/c23-15-5-7-16(8-6-15)26-21(28)20(24)25(22(26)27)17-9-10-19-14(12-17)11-13-3-1-2-4-18(13)19/h1-10,12,24H,11H2. The minimum atomic E-state index is -0.326. The van der Waals surface area contributed by atoms with Crippen molar-refractivity contribution < 1.29 is 4.79 Å². The number of amidine groups is 1. The van der Waals surface area contributed by atoms with Gasteiger partial charge < -0.3 is 0 Å². The highest BCUT2D eigenvalue weighted by Crippen LogP contribution is 2.39. The number of anilines is 2. The van der Waals surface area contributed by atoms with E-state index in [2.05, 4.69) is 28.1 Å². The summed E-state index contributed by atoms with van der Waals surface area (Å²) in [6, 6.07) is 21.2. The summed E-state index contributed by atoms with van der Waals surface area (Å²) in [6.45, 7) is 0. The molecule has 28 heavy (non-hydrogen) atoms. The molecule has 1 fully saturated rings. The smallest absolute Gasteiger partial charge is 0.281 e. The summed E-state index contributed by atoms with van der Waals surface area (Å²) >= 11 is 8.81. The number of halogens is 1. The van der Waals surface area contributed by atoms with Crippen molar-refractivity contribution in [2.75, 3.05) is 9.80 Å². The quantitative estimate of drug-likeness (QED) is 0.396. The van der Waals surface area contributed by atoms with Gasteiger partial charge >= 0.3 is 6.03 Å². The molecule has 6 heteroatoms. The van der Waals surface area contributed by atoms with Crippen molar-refractivity contribution in [3.8, 4) is 11.1 Å². The lowest BCUT2D eigenvalue weighted by atomic mass is 10.1. The molecular formula is C22H14BrN3OS. The first-order valence-corrected chi connectivity index (χ1v) is 9.98. The van der Waals surface area contributed by atoms with Gasteiger partial charge in [0.15, 0.2) is 10.8 Å². The van der Waals surface area contributed by atoms with Gasteiger partial charge in [-0.15, -0.1) is 0 Å². The third-order valence-electron chi connectivity index (χ3n) is 5.13. The SMILES string of the molecule is N=C1C(=S)N(c2ccc(Br)cc2)C(=O)N1c1ccc2c(c1)Cc1ccccc1-2. The van der Waals surface area contributed by atoms with Crippen LogP contribution >= 0.6 is 28.1 Å². The molecule has 1 aliphatic heterocycles. The summed E-state index contributed by atoms with van der Waals surface area (Å²) in [5.41, 5.74) is 6.18. The van der Waals surface area contributed by atoms with E-state index in [4.69, 9.17) is 17.6 Å². The van der Waals surface area contributed by atoms with Crippen LogP contribution in [0.2, 0.25) is 0 Å². The molecule has 3 aromatic rings.